The summed E-state index contributed by atoms with van der Waals surface area (Å²) in [6.07, 6.45) is 4.77. The Labute approximate surface area is 110 Å². The largest absolute Gasteiger partial charge is 0.404 e. The molecule has 1 aliphatic rings. The highest BCUT2D eigenvalue weighted by atomic mass is 19.1. The molecule has 1 aromatic rings. The van der Waals surface area contributed by atoms with Gasteiger partial charge in [0.1, 0.15) is 5.82 Å². The van der Waals surface area contributed by atoms with Gasteiger partial charge in [-0.3, -0.25) is 4.99 Å². The summed E-state index contributed by atoms with van der Waals surface area (Å²) in [4.78, 5) is 4.14. The second-order valence-corrected chi connectivity index (χ2v) is 4.61. The quantitative estimate of drug-likeness (QED) is 0.574. The molecule has 1 fully saturated rings. The summed E-state index contributed by atoms with van der Waals surface area (Å²) in [5, 5.41) is 0. The van der Waals surface area contributed by atoms with Gasteiger partial charge in [-0.05, 0) is 24.8 Å². The van der Waals surface area contributed by atoms with Crippen LogP contribution in [0.3, 0.4) is 0 Å². The third-order valence-electron chi connectivity index (χ3n) is 3.05. The van der Waals surface area contributed by atoms with Crippen LogP contribution >= 0.6 is 0 Å². The summed E-state index contributed by atoms with van der Waals surface area (Å²) in [6.45, 7) is 0.644. The Bertz CT molecular complexity index is 548. The number of rotatable bonds is 4. The van der Waals surface area contributed by atoms with Gasteiger partial charge in [-0.2, -0.15) is 0 Å². The second kappa shape index (κ2) is 5.26. The standard InChI is InChI=1S/C13H16F2N4/c14-9-3-10(17)13(18)12(15)11(9)8(4-16)6-19-5-7-1-2-7/h3-4,6-7H,1-2,5,16-18H2. The first kappa shape index (κ1) is 13.3. The van der Waals surface area contributed by atoms with Gasteiger partial charge >= 0.3 is 0 Å². The van der Waals surface area contributed by atoms with Crippen molar-refractivity contribution in [2.24, 2.45) is 16.6 Å². The zero-order valence-corrected chi connectivity index (χ0v) is 10.4. The third-order valence-corrected chi connectivity index (χ3v) is 3.05. The van der Waals surface area contributed by atoms with Gasteiger partial charge in [-0.25, -0.2) is 8.78 Å². The number of benzene rings is 1. The molecule has 0 radical (unpaired) electrons. The molecule has 1 aromatic carbocycles. The number of halogens is 2. The molecule has 0 amide bonds. The fraction of sp³-hybridized carbons (Fsp3) is 0.308. The van der Waals surface area contributed by atoms with E-state index in [1.807, 2.05) is 0 Å². The van der Waals surface area contributed by atoms with Crippen molar-refractivity contribution in [3.63, 3.8) is 0 Å². The molecule has 0 bridgehead atoms. The lowest BCUT2D eigenvalue weighted by Crippen LogP contribution is -2.06. The Morgan fingerprint density at radius 3 is 2.63 bits per heavy atom. The normalized spacial score (nSPS) is 16.2. The van der Waals surface area contributed by atoms with Crippen LogP contribution in [0.15, 0.2) is 17.3 Å². The Morgan fingerprint density at radius 2 is 2.05 bits per heavy atom. The first-order valence-electron chi connectivity index (χ1n) is 5.99. The molecular formula is C13H16F2N4. The summed E-state index contributed by atoms with van der Waals surface area (Å²) in [5.74, 6) is -1.13. The van der Waals surface area contributed by atoms with Gasteiger partial charge in [0.15, 0.2) is 5.82 Å². The zero-order chi connectivity index (χ0) is 14.0. The molecular weight excluding hydrogens is 250 g/mol. The van der Waals surface area contributed by atoms with Crippen molar-refractivity contribution in [2.45, 2.75) is 12.8 Å². The van der Waals surface area contributed by atoms with E-state index in [1.165, 1.54) is 6.21 Å². The predicted octanol–water partition coefficient (Wildman–Crippen LogP) is 1.91. The molecule has 1 saturated carbocycles. The van der Waals surface area contributed by atoms with Crippen molar-refractivity contribution in [1.82, 2.24) is 0 Å². The predicted molar refractivity (Wildman–Crippen MR) is 73.4 cm³/mol. The molecule has 102 valence electrons. The molecule has 0 aliphatic heterocycles. The van der Waals surface area contributed by atoms with Crippen molar-refractivity contribution in [1.29, 1.82) is 0 Å². The maximum atomic E-state index is 14.0. The van der Waals surface area contributed by atoms with Crippen LogP contribution in [0.5, 0.6) is 0 Å². The second-order valence-electron chi connectivity index (χ2n) is 4.61. The minimum atomic E-state index is -0.910. The van der Waals surface area contributed by atoms with Crippen LogP contribution in [0.25, 0.3) is 5.57 Å². The molecule has 0 atom stereocenters. The average molecular weight is 266 g/mol. The zero-order valence-electron chi connectivity index (χ0n) is 10.4. The first-order valence-corrected chi connectivity index (χ1v) is 5.99. The van der Waals surface area contributed by atoms with Gasteiger partial charge in [0.2, 0.25) is 0 Å². The maximum absolute atomic E-state index is 14.0. The Kier molecular flexibility index (Phi) is 3.69. The van der Waals surface area contributed by atoms with Crippen molar-refractivity contribution >= 4 is 23.2 Å². The lowest BCUT2D eigenvalue weighted by atomic mass is 10.0. The number of allylic oxidation sites excluding steroid dienone is 1. The Balaban J connectivity index is 2.32. The summed E-state index contributed by atoms with van der Waals surface area (Å²) in [6, 6.07) is 0.978. The van der Waals surface area contributed by atoms with Crippen LogP contribution < -0.4 is 17.2 Å². The van der Waals surface area contributed by atoms with Crippen LogP contribution in [-0.2, 0) is 0 Å². The van der Waals surface area contributed by atoms with Gasteiger partial charge in [0.25, 0.3) is 0 Å². The highest BCUT2D eigenvalue weighted by Gasteiger charge is 2.21. The van der Waals surface area contributed by atoms with E-state index < -0.39 is 11.6 Å². The number of aliphatic imine (C=N–C) groups is 1. The van der Waals surface area contributed by atoms with E-state index in [0.717, 1.165) is 25.1 Å². The molecule has 4 nitrogen and oxygen atoms in total. The molecule has 0 aromatic heterocycles. The topological polar surface area (TPSA) is 90.4 Å². The average Bonchev–Trinajstić information content (AvgIpc) is 3.18. The number of nitrogens with zero attached hydrogens (tertiary/aromatic N) is 1. The fourth-order valence-electron chi connectivity index (χ4n) is 1.71. The van der Waals surface area contributed by atoms with E-state index in [1.54, 1.807) is 0 Å². The summed E-state index contributed by atoms with van der Waals surface area (Å²) >= 11 is 0. The smallest absolute Gasteiger partial charge is 0.159 e. The van der Waals surface area contributed by atoms with E-state index in [0.29, 0.717) is 12.5 Å². The summed E-state index contributed by atoms with van der Waals surface area (Å²) < 4.78 is 27.7. The minimum absolute atomic E-state index is 0.134. The molecule has 0 unspecified atom stereocenters. The van der Waals surface area contributed by atoms with Crippen LogP contribution in [0, 0.1) is 17.6 Å². The molecule has 1 aliphatic carbocycles. The van der Waals surface area contributed by atoms with E-state index in [4.69, 9.17) is 17.2 Å². The fourth-order valence-corrected chi connectivity index (χ4v) is 1.71. The SMILES string of the molecule is NC=C(C=NCC1CC1)c1c(F)cc(N)c(N)c1F. The van der Waals surface area contributed by atoms with Crippen LogP contribution in [0.2, 0.25) is 0 Å². The molecule has 0 spiro atoms. The number of nitrogen functional groups attached to an aromatic ring is 2. The van der Waals surface area contributed by atoms with Crippen LogP contribution in [0.4, 0.5) is 20.2 Å². The van der Waals surface area contributed by atoms with Gasteiger partial charge < -0.3 is 17.2 Å². The third kappa shape index (κ3) is 2.83. The maximum Gasteiger partial charge on any atom is 0.159 e. The lowest BCUT2D eigenvalue weighted by Gasteiger charge is -2.09. The summed E-state index contributed by atoms with van der Waals surface area (Å²) in [5.41, 5.74) is 15.7. The molecule has 19 heavy (non-hydrogen) atoms. The number of nitrogens with two attached hydrogens (primary N) is 3. The van der Waals surface area contributed by atoms with Crippen molar-refractivity contribution < 1.29 is 8.78 Å². The molecule has 6 N–H and O–H groups in total. The lowest BCUT2D eigenvalue weighted by molar-refractivity contribution is 0.582. The van der Waals surface area contributed by atoms with E-state index in [9.17, 15) is 8.78 Å². The summed E-state index contributed by atoms with van der Waals surface area (Å²) in [7, 11) is 0. The van der Waals surface area contributed by atoms with Gasteiger partial charge in [-0.1, -0.05) is 0 Å². The molecule has 6 heteroatoms. The van der Waals surface area contributed by atoms with E-state index in [2.05, 4.69) is 4.99 Å². The van der Waals surface area contributed by atoms with E-state index >= 15 is 0 Å². The minimum Gasteiger partial charge on any atom is -0.404 e. The first-order chi connectivity index (χ1) is 9.04. The van der Waals surface area contributed by atoms with Gasteiger partial charge in [-0.15, -0.1) is 0 Å². The molecule has 2 rings (SSSR count). The molecule has 0 heterocycles. The van der Waals surface area contributed by atoms with Gasteiger partial charge in [0.05, 0.1) is 16.9 Å². The van der Waals surface area contributed by atoms with Crippen LogP contribution in [0.1, 0.15) is 18.4 Å². The van der Waals surface area contributed by atoms with E-state index in [-0.39, 0.29) is 22.5 Å². The van der Waals surface area contributed by atoms with Crippen molar-refractivity contribution in [2.75, 3.05) is 18.0 Å². The molecule has 0 saturated heterocycles. The monoisotopic (exact) mass is 266 g/mol. The Hall–Kier alpha value is -2.11. The van der Waals surface area contributed by atoms with Crippen LogP contribution in [-0.4, -0.2) is 12.8 Å². The Morgan fingerprint density at radius 1 is 1.37 bits per heavy atom. The van der Waals surface area contributed by atoms with Crippen molar-refractivity contribution in [3.05, 3.63) is 29.5 Å². The highest BCUT2D eigenvalue weighted by Crippen LogP contribution is 2.30. The highest BCUT2D eigenvalue weighted by molar-refractivity contribution is 6.10. The number of hydrogen-bond acceptors (Lipinski definition) is 4. The number of hydrogen-bond donors (Lipinski definition) is 3. The van der Waals surface area contributed by atoms with Gasteiger partial charge in [0, 0.05) is 24.5 Å². The van der Waals surface area contributed by atoms with Crippen molar-refractivity contribution in [3.8, 4) is 0 Å². The number of anilines is 2.